The van der Waals surface area contributed by atoms with Crippen molar-refractivity contribution in [2.24, 2.45) is 0 Å². The van der Waals surface area contributed by atoms with Crippen LogP contribution in [0.4, 0.5) is 0 Å². The standard InChI is InChI=1S/C23H32O4S2/c1-28-17-22(15-24-13-20-9-5-3-6-10-20)26-19-27-23(18-29-2)16-25-14-21-11-7-4-8-12-21/h3-12,22-23H,13-19H2,1-2H3. The summed E-state index contributed by atoms with van der Waals surface area (Å²) in [5.41, 5.74) is 2.34. The lowest BCUT2D eigenvalue weighted by Gasteiger charge is -2.21. The fraction of sp³-hybridized carbons (Fsp3) is 0.478. The number of benzene rings is 2. The summed E-state index contributed by atoms with van der Waals surface area (Å²) in [6, 6.07) is 20.4. The topological polar surface area (TPSA) is 36.9 Å². The van der Waals surface area contributed by atoms with E-state index in [4.69, 9.17) is 18.9 Å². The van der Waals surface area contributed by atoms with Gasteiger partial charge in [-0.2, -0.15) is 23.5 Å². The van der Waals surface area contributed by atoms with E-state index in [9.17, 15) is 0 Å². The van der Waals surface area contributed by atoms with Gasteiger partial charge in [0.05, 0.1) is 38.6 Å². The van der Waals surface area contributed by atoms with Crippen LogP contribution in [-0.4, -0.2) is 56.2 Å². The Morgan fingerprint density at radius 1 is 0.655 bits per heavy atom. The molecule has 0 aliphatic heterocycles. The van der Waals surface area contributed by atoms with E-state index in [1.165, 1.54) is 11.1 Å². The van der Waals surface area contributed by atoms with E-state index in [1.54, 1.807) is 23.5 Å². The van der Waals surface area contributed by atoms with Crippen molar-refractivity contribution in [1.29, 1.82) is 0 Å². The number of hydrogen-bond acceptors (Lipinski definition) is 6. The van der Waals surface area contributed by atoms with Crippen LogP contribution in [0.1, 0.15) is 11.1 Å². The maximum absolute atomic E-state index is 5.93. The molecule has 0 radical (unpaired) electrons. The highest BCUT2D eigenvalue weighted by Crippen LogP contribution is 2.09. The predicted molar refractivity (Wildman–Crippen MR) is 124 cm³/mol. The summed E-state index contributed by atoms with van der Waals surface area (Å²) < 4.78 is 23.5. The molecule has 0 saturated carbocycles. The summed E-state index contributed by atoms with van der Waals surface area (Å²) in [6.07, 6.45) is 4.16. The molecule has 0 spiro atoms. The predicted octanol–water partition coefficient (Wildman–Crippen LogP) is 4.87. The largest absolute Gasteiger partial charge is 0.374 e. The van der Waals surface area contributed by atoms with Crippen molar-refractivity contribution in [1.82, 2.24) is 0 Å². The minimum absolute atomic E-state index is 0.00822. The minimum Gasteiger partial charge on any atom is -0.374 e. The lowest BCUT2D eigenvalue weighted by Crippen LogP contribution is -2.28. The Morgan fingerprint density at radius 2 is 1.07 bits per heavy atom. The van der Waals surface area contributed by atoms with Crippen molar-refractivity contribution in [2.75, 3.05) is 44.0 Å². The second-order valence-corrected chi connectivity index (χ2v) is 8.43. The maximum atomic E-state index is 5.93. The van der Waals surface area contributed by atoms with E-state index in [2.05, 4.69) is 36.8 Å². The molecule has 0 amide bonds. The Labute approximate surface area is 183 Å². The fourth-order valence-corrected chi connectivity index (χ4v) is 3.79. The first-order valence-corrected chi connectivity index (χ1v) is 12.5. The van der Waals surface area contributed by atoms with Gasteiger partial charge < -0.3 is 18.9 Å². The quantitative estimate of drug-likeness (QED) is 0.349. The Bertz CT molecular complexity index is 572. The van der Waals surface area contributed by atoms with Crippen LogP contribution in [0.25, 0.3) is 0 Å². The van der Waals surface area contributed by atoms with Gasteiger partial charge in [0, 0.05) is 11.5 Å². The van der Waals surface area contributed by atoms with E-state index in [0.717, 1.165) is 11.5 Å². The number of hydrogen-bond donors (Lipinski definition) is 0. The Morgan fingerprint density at radius 3 is 1.45 bits per heavy atom. The Balaban J connectivity index is 1.66. The molecule has 0 saturated heterocycles. The van der Waals surface area contributed by atoms with E-state index < -0.39 is 0 Å². The summed E-state index contributed by atoms with van der Waals surface area (Å²) in [5, 5.41) is 0. The van der Waals surface area contributed by atoms with Crippen LogP contribution in [-0.2, 0) is 32.2 Å². The van der Waals surface area contributed by atoms with Gasteiger partial charge in [-0.05, 0) is 23.6 Å². The molecule has 2 rings (SSSR count). The molecule has 2 unspecified atom stereocenters. The number of ether oxygens (including phenoxy) is 4. The molecule has 2 aromatic rings. The molecule has 2 aromatic carbocycles. The van der Waals surface area contributed by atoms with Crippen LogP contribution >= 0.6 is 23.5 Å². The molecule has 0 N–H and O–H groups in total. The zero-order valence-corrected chi connectivity index (χ0v) is 19.0. The molecule has 160 valence electrons. The van der Waals surface area contributed by atoms with E-state index in [0.29, 0.717) is 26.4 Å². The van der Waals surface area contributed by atoms with Gasteiger partial charge in [0.1, 0.15) is 6.79 Å². The molecule has 6 heteroatoms. The van der Waals surface area contributed by atoms with Gasteiger partial charge in [0.25, 0.3) is 0 Å². The molecular weight excluding hydrogens is 404 g/mol. The molecular formula is C23H32O4S2. The molecule has 0 aromatic heterocycles. The van der Waals surface area contributed by atoms with Gasteiger partial charge in [-0.15, -0.1) is 0 Å². The summed E-state index contributed by atoms with van der Waals surface area (Å²) in [4.78, 5) is 0. The van der Waals surface area contributed by atoms with Gasteiger partial charge in [-0.3, -0.25) is 0 Å². The highest BCUT2D eigenvalue weighted by atomic mass is 32.2. The highest BCUT2D eigenvalue weighted by molar-refractivity contribution is 7.98. The van der Waals surface area contributed by atoms with Crippen molar-refractivity contribution >= 4 is 23.5 Å². The normalized spacial score (nSPS) is 13.3. The fourth-order valence-electron chi connectivity index (χ4n) is 2.66. The van der Waals surface area contributed by atoms with Crippen LogP contribution < -0.4 is 0 Å². The molecule has 0 fully saturated rings. The zero-order chi connectivity index (χ0) is 20.6. The molecule has 0 bridgehead atoms. The lowest BCUT2D eigenvalue weighted by atomic mass is 10.2. The van der Waals surface area contributed by atoms with Crippen molar-refractivity contribution in [3.63, 3.8) is 0 Å². The summed E-state index contributed by atoms with van der Waals surface area (Å²) >= 11 is 3.49. The second kappa shape index (κ2) is 15.8. The van der Waals surface area contributed by atoms with Crippen molar-refractivity contribution < 1.29 is 18.9 Å². The van der Waals surface area contributed by atoms with Crippen LogP contribution in [0.15, 0.2) is 60.7 Å². The summed E-state index contributed by atoms with van der Waals surface area (Å²) in [6.45, 7) is 2.55. The first kappa shape index (κ1) is 24.3. The average molecular weight is 437 g/mol. The first-order chi connectivity index (χ1) is 14.3. The maximum Gasteiger partial charge on any atom is 0.147 e. The summed E-state index contributed by atoms with van der Waals surface area (Å²) in [7, 11) is 0. The van der Waals surface area contributed by atoms with Gasteiger partial charge >= 0.3 is 0 Å². The third-order valence-corrected chi connectivity index (χ3v) is 5.55. The Hall–Kier alpha value is -1.02. The zero-order valence-electron chi connectivity index (χ0n) is 17.3. The first-order valence-electron chi connectivity index (χ1n) is 9.76. The van der Waals surface area contributed by atoms with Gasteiger partial charge in [0.2, 0.25) is 0 Å². The monoisotopic (exact) mass is 436 g/mol. The second-order valence-electron chi connectivity index (χ2n) is 6.61. The Kier molecular flexibility index (Phi) is 13.2. The van der Waals surface area contributed by atoms with Crippen LogP contribution in [0.3, 0.4) is 0 Å². The SMILES string of the molecule is CSCC(COCc1ccccc1)OCOC(COCc1ccccc1)CSC. The number of rotatable bonds is 16. The van der Waals surface area contributed by atoms with Crippen molar-refractivity contribution in [2.45, 2.75) is 25.4 Å². The smallest absolute Gasteiger partial charge is 0.147 e. The molecule has 29 heavy (non-hydrogen) atoms. The molecule has 2 atom stereocenters. The number of thioether (sulfide) groups is 2. The minimum atomic E-state index is 0.00822. The van der Waals surface area contributed by atoms with E-state index >= 15 is 0 Å². The third kappa shape index (κ3) is 11.1. The summed E-state index contributed by atoms with van der Waals surface area (Å²) in [5.74, 6) is 1.74. The van der Waals surface area contributed by atoms with Crippen molar-refractivity contribution in [3.8, 4) is 0 Å². The van der Waals surface area contributed by atoms with Crippen LogP contribution in [0, 0.1) is 0 Å². The molecule has 0 aliphatic rings. The van der Waals surface area contributed by atoms with Gasteiger partial charge in [0.15, 0.2) is 0 Å². The van der Waals surface area contributed by atoms with Gasteiger partial charge in [-0.25, -0.2) is 0 Å². The van der Waals surface area contributed by atoms with Gasteiger partial charge in [-0.1, -0.05) is 60.7 Å². The van der Waals surface area contributed by atoms with Crippen LogP contribution in [0.5, 0.6) is 0 Å². The van der Waals surface area contributed by atoms with E-state index in [1.807, 2.05) is 36.4 Å². The van der Waals surface area contributed by atoms with E-state index in [-0.39, 0.29) is 19.0 Å². The molecule has 0 aliphatic carbocycles. The highest BCUT2D eigenvalue weighted by Gasteiger charge is 2.13. The molecule has 0 heterocycles. The van der Waals surface area contributed by atoms with Crippen molar-refractivity contribution in [3.05, 3.63) is 71.8 Å². The lowest BCUT2D eigenvalue weighted by molar-refractivity contribution is -0.136. The average Bonchev–Trinajstić information content (AvgIpc) is 2.75. The van der Waals surface area contributed by atoms with Crippen LogP contribution in [0.2, 0.25) is 0 Å². The third-order valence-electron chi connectivity index (χ3n) is 4.14. The molecule has 4 nitrogen and oxygen atoms in total.